The van der Waals surface area contributed by atoms with Gasteiger partial charge in [-0.15, -0.1) is 11.6 Å². The molecule has 0 radical (unpaired) electrons. The van der Waals surface area contributed by atoms with Crippen LogP contribution in [0.15, 0.2) is 12.1 Å². The maximum absolute atomic E-state index is 11.4. The fourth-order valence-corrected chi connectivity index (χ4v) is 1.54. The number of carbonyl (C=O) groups excluding carboxylic acids is 1. The van der Waals surface area contributed by atoms with Crippen LogP contribution in [-0.2, 0) is 0 Å². The van der Waals surface area contributed by atoms with Crippen molar-refractivity contribution < 1.29 is 14.5 Å². The predicted octanol–water partition coefficient (Wildman–Crippen LogP) is 2.68. The monoisotopic (exact) mass is 263 g/mol. The van der Waals surface area contributed by atoms with Gasteiger partial charge in [-0.25, -0.2) is 0 Å². The maximum Gasteiger partial charge on any atom is 0.292 e. The largest absolute Gasteiger partial charge is 0.496 e. The minimum atomic E-state index is -0.685. The van der Waals surface area contributed by atoms with Crippen molar-refractivity contribution in [1.82, 2.24) is 0 Å². The van der Waals surface area contributed by atoms with Crippen LogP contribution in [0.25, 0.3) is 0 Å². The molecule has 0 amide bonds. The molecule has 0 aliphatic carbocycles. The summed E-state index contributed by atoms with van der Waals surface area (Å²) in [5, 5.41) is 10.4. The van der Waals surface area contributed by atoms with Gasteiger partial charge in [-0.3, -0.25) is 14.9 Å². The van der Waals surface area contributed by atoms with Crippen molar-refractivity contribution in [2.75, 3.05) is 13.0 Å². The Bertz CT molecular complexity index is 447. The highest BCUT2D eigenvalue weighted by Crippen LogP contribution is 2.33. The number of hydrogen-bond acceptors (Lipinski definition) is 4. The molecule has 7 heteroatoms. The van der Waals surface area contributed by atoms with Gasteiger partial charge >= 0.3 is 0 Å². The van der Waals surface area contributed by atoms with Gasteiger partial charge in [-0.1, -0.05) is 11.6 Å². The van der Waals surface area contributed by atoms with Gasteiger partial charge in [-0.2, -0.15) is 0 Å². The minimum Gasteiger partial charge on any atom is -0.496 e. The van der Waals surface area contributed by atoms with Crippen LogP contribution in [0.5, 0.6) is 5.75 Å². The zero-order chi connectivity index (χ0) is 12.3. The number of nitro benzene ring substituents is 1. The van der Waals surface area contributed by atoms with Crippen LogP contribution in [0.2, 0.25) is 5.02 Å². The second-order valence-electron chi connectivity index (χ2n) is 2.82. The number of nitrogens with zero attached hydrogens (tertiary/aromatic N) is 1. The molecule has 0 heterocycles. The summed E-state index contributed by atoms with van der Waals surface area (Å²) >= 11 is 11.1. The molecule has 0 N–H and O–H groups in total. The molecule has 5 nitrogen and oxygen atoms in total. The van der Waals surface area contributed by atoms with E-state index in [0.29, 0.717) is 0 Å². The number of benzene rings is 1. The summed E-state index contributed by atoms with van der Waals surface area (Å²) in [6, 6.07) is 2.47. The molecule has 86 valence electrons. The van der Waals surface area contributed by atoms with Crippen LogP contribution >= 0.6 is 23.2 Å². The van der Waals surface area contributed by atoms with E-state index in [4.69, 9.17) is 27.9 Å². The zero-order valence-electron chi connectivity index (χ0n) is 8.20. The Morgan fingerprint density at radius 1 is 1.56 bits per heavy atom. The Kier molecular flexibility index (Phi) is 4.09. The SMILES string of the molecule is COc1cc(C(=O)CCl)c(Cl)c([N+](=O)[O-])c1. The number of Topliss-reactive ketones (excluding diaryl/α,β-unsaturated/α-hetero) is 1. The number of ether oxygens (including phenoxy) is 1. The summed E-state index contributed by atoms with van der Waals surface area (Å²) in [4.78, 5) is 21.4. The molecule has 0 aliphatic heterocycles. The molecule has 0 atom stereocenters. The second kappa shape index (κ2) is 5.14. The van der Waals surface area contributed by atoms with Gasteiger partial charge in [0, 0.05) is 5.56 Å². The summed E-state index contributed by atoms with van der Waals surface area (Å²) < 4.78 is 4.84. The second-order valence-corrected chi connectivity index (χ2v) is 3.47. The number of ketones is 1. The first-order valence-corrected chi connectivity index (χ1v) is 5.03. The Balaban J connectivity index is 3.43. The van der Waals surface area contributed by atoms with Crippen molar-refractivity contribution in [1.29, 1.82) is 0 Å². The number of alkyl halides is 1. The van der Waals surface area contributed by atoms with Gasteiger partial charge in [-0.05, 0) is 6.07 Å². The summed E-state index contributed by atoms with van der Waals surface area (Å²) in [6.45, 7) is 0. The molecule has 16 heavy (non-hydrogen) atoms. The molecule has 1 aromatic rings. The number of carbonyl (C=O) groups is 1. The van der Waals surface area contributed by atoms with Crippen molar-refractivity contribution in [2.24, 2.45) is 0 Å². The first-order valence-electron chi connectivity index (χ1n) is 4.12. The highest BCUT2D eigenvalue weighted by atomic mass is 35.5. The molecule has 0 unspecified atom stereocenters. The van der Waals surface area contributed by atoms with E-state index < -0.39 is 10.7 Å². The first kappa shape index (κ1) is 12.7. The third kappa shape index (κ3) is 2.43. The Hall–Kier alpha value is -1.33. The number of nitro groups is 1. The van der Waals surface area contributed by atoms with Crippen LogP contribution in [-0.4, -0.2) is 23.7 Å². The highest BCUT2D eigenvalue weighted by Gasteiger charge is 2.22. The lowest BCUT2D eigenvalue weighted by atomic mass is 10.1. The van der Waals surface area contributed by atoms with Crippen LogP contribution in [0.1, 0.15) is 10.4 Å². The van der Waals surface area contributed by atoms with E-state index in [9.17, 15) is 14.9 Å². The molecule has 0 aromatic heterocycles. The van der Waals surface area contributed by atoms with Crippen LogP contribution in [0.3, 0.4) is 0 Å². The quantitative estimate of drug-likeness (QED) is 0.363. The topological polar surface area (TPSA) is 69.4 Å². The lowest BCUT2D eigenvalue weighted by molar-refractivity contribution is -0.384. The van der Waals surface area contributed by atoms with Crippen molar-refractivity contribution in [3.63, 3.8) is 0 Å². The fourth-order valence-electron chi connectivity index (χ4n) is 1.11. The number of halogens is 2. The van der Waals surface area contributed by atoms with E-state index in [2.05, 4.69) is 0 Å². The van der Waals surface area contributed by atoms with Gasteiger partial charge < -0.3 is 4.74 Å². The lowest BCUT2D eigenvalue weighted by Crippen LogP contribution is -2.04. The smallest absolute Gasteiger partial charge is 0.292 e. The van der Waals surface area contributed by atoms with Crippen molar-refractivity contribution in [2.45, 2.75) is 0 Å². The Morgan fingerprint density at radius 3 is 2.62 bits per heavy atom. The van der Waals surface area contributed by atoms with E-state index in [1.807, 2.05) is 0 Å². The summed E-state index contributed by atoms with van der Waals surface area (Å²) in [6.07, 6.45) is 0. The molecular formula is C9H7Cl2NO4. The number of hydrogen-bond donors (Lipinski definition) is 0. The van der Waals surface area contributed by atoms with E-state index in [1.165, 1.54) is 13.2 Å². The average Bonchev–Trinajstić information content (AvgIpc) is 2.28. The van der Waals surface area contributed by atoms with E-state index in [0.717, 1.165) is 6.07 Å². The Morgan fingerprint density at radius 2 is 2.19 bits per heavy atom. The van der Waals surface area contributed by atoms with Gasteiger partial charge in [0.1, 0.15) is 10.8 Å². The van der Waals surface area contributed by atoms with E-state index in [-0.39, 0.29) is 27.9 Å². The first-order chi connectivity index (χ1) is 7.51. The summed E-state index contributed by atoms with van der Waals surface area (Å²) in [7, 11) is 1.34. The van der Waals surface area contributed by atoms with Gasteiger partial charge in [0.15, 0.2) is 5.78 Å². The minimum absolute atomic E-state index is 0.0114. The van der Waals surface area contributed by atoms with Crippen molar-refractivity contribution in [3.05, 3.63) is 32.8 Å². The molecule has 1 rings (SSSR count). The third-order valence-corrected chi connectivity index (χ3v) is 2.52. The van der Waals surface area contributed by atoms with Crippen LogP contribution < -0.4 is 4.74 Å². The van der Waals surface area contributed by atoms with Gasteiger partial charge in [0.05, 0.1) is 24.0 Å². The lowest BCUT2D eigenvalue weighted by Gasteiger charge is -2.05. The zero-order valence-corrected chi connectivity index (χ0v) is 9.71. The fraction of sp³-hybridized carbons (Fsp3) is 0.222. The highest BCUT2D eigenvalue weighted by molar-refractivity contribution is 6.38. The standard InChI is InChI=1S/C9H7Cl2NO4/c1-16-5-2-6(8(13)4-10)9(11)7(3-5)12(14)15/h2-3H,4H2,1H3. The average molecular weight is 264 g/mol. The molecular weight excluding hydrogens is 257 g/mol. The van der Waals surface area contributed by atoms with Crippen LogP contribution in [0, 0.1) is 10.1 Å². The molecule has 1 aromatic carbocycles. The molecule has 0 spiro atoms. The van der Waals surface area contributed by atoms with Crippen molar-refractivity contribution >= 4 is 34.7 Å². The third-order valence-electron chi connectivity index (χ3n) is 1.88. The summed E-state index contributed by atoms with van der Waals surface area (Å²) in [5.74, 6) is -0.609. The van der Waals surface area contributed by atoms with E-state index in [1.54, 1.807) is 0 Å². The molecule has 0 aliphatic rings. The Labute approximate surface area is 101 Å². The van der Waals surface area contributed by atoms with Gasteiger partial charge in [0.25, 0.3) is 5.69 Å². The molecule has 0 saturated heterocycles. The normalized spacial score (nSPS) is 9.94. The van der Waals surface area contributed by atoms with Gasteiger partial charge in [0.2, 0.25) is 0 Å². The predicted molar refractivity (Wildman–Crippen MR) is 59.7 cm³/mol. The number of methoxy groups -OCH3 is 1. The maximum atomic E-state index is 11.4. The summed E-state index contributed by atoms with van der Waals surface area (Å²) in [5.41, 5.74) is -0.391. The van der Waals surface area contributed by atoms with E-state index >= 15 is 0 Å². The van der Waals surface area contributed by atoms with Crippen LogP contribution in [0.4, 0.5) is 5.69 Å². The molecule has 0 saturated carbocycles. The molecule has 0 fully saturated rings. The number of rotatable bonds is 4. The molecule has 0 bridgehead atoms. The van der Waals surface area contributed by atoms with Crippen molar-refractivity contribution in [3.8, 4) is 5.75 Å².